The molecule has 4 rings (SSSR count). The molecule has 0 N–H and O–H groups in total. The van der Waals surface area contributed by atoms with Gasteiger partial charge in [-0.3, -0.25) is 4.57 Å². The highest BCUT2D eigenvalue weighted by molar-refractivity contribution is 7.98. The Morgan fingerprint density at radius 2 is 1.66 bits per heavy atom. The van der Waals surface area contributed by atoms with E-state index in [-0.39, 0.29) is 0 Å². The monoisotopic (exact) mass is 441 g/mol. The van der Waals surface area contributed by atoms with E-state index in [0.29, 0.717) is 15.8 Å². The van der Waals surface area contributed by atoms with Crippen LogP contribution >= 0.6 is 35.0 Å². The standard InChI is InChI=1S/C22H17Cl2N3OS/c1-28-20-10-6-5-9-17(20)21-25-26-22(27(21)16-7-3-2-4-8-16)29-14-15-11-12-18(23)19(24)13-15/h2-13H,14H2,1H3. The molecule has 0 radical (unpaired) electrons. The fourth-order valence-electron chi connectivity index (χ4n) is 2.95. The second-order valence-electron chi connectivity index (χ2n) is 6.21. The van der Waals surface area contributed by atoms with E-state index in [1.54, 1.807) is 18.9 Å². The van der Waals surface area contributed by atoms with Crippen molar-refractivity contribution in [2.24, 2.45) is 0 Å². The van der Waals surface area contributed by atoms with Crippen molar-refractivity contribution in [1.82, 2.24) is 14.8 Å². The number of ether oxygens (including phenoxy) is 1. The van der Waals surface area contributed by atoms with Crippen molar-refractivity contribution in [3.05, 3.63) is 88.4 Å². The molecule has 0 atom stereocenters. The predicted molar refractivity (Wildman–Crippen MR) is 119 cm³/mol. The van der Waals surface area contributed by atoms with Gasteiger partial charge in [-0.1, -0.05) is 71.4 Å². The number of halogens is 2. The lowest BCUT2D eigenvalue weighted by molar-refractivity contribution is 0.416. The number of methoxy groups -OCH3 is 1. The molecule has 0 spiro atoms. The molecule has 4 nitrogen and oxygen atoms in total. The van der Waals surface area contributed by atoms with Crippen LogP contribution in [0, 0.1) is 0 Å². The molecule has 0 saturated carbocycles. The van der Waals surface area contributed by atoms with Gasteiger partial charge in [0.25, 0.3) is 0 Å². The van der Waals surface area contributed by atoms with E-state index >= 15 is 0 Å². The third kappa shape index (κ3) is 4.27. The SMILES string of the molecule is COc1ccccc1-c1nnc(SCc2ccc(Cl)c(Cl)c2)n1-c1ccccc1. The van der Waals surface area contributed by atoms with Crippen molar-refractivity contribution in [1.29, 1.82) is 0 Å². The van der Waals surface area contributed by atoms with Gasteiger partial charge in [0.15, 0.2) is 11.0 Å². The number of aromatic nitrogens is 3. The zero-order valence-corrected chi connectivity index (χ0v) is 17.9. The molecule has 0 bridgehead atoms. The number of nitrogens with zero attached hydrogens (tertiary/aromatic N) is 3. The van der Waals surface area contributed by atoms with Crippen molar-refractivity contribution in [3.8, 4) is 22.8 Å². The molecule has 0 aliphatic carbocycles. The summed E-state index contributed by atoms with van der Waals surface area (Å²) in [7, 11) is 1.65. The van der Waals surface area contributed by atoms with Gasteiger partial charge in [0, 0.05) is 11.4 Å². The topological polar surface area (TPSA) is 39.9 Å². The van der Waals surface area contributed by atoms with Gasteiger partial charge in [-0.25, -0.2) is 0 Å². The number of hydrogen-bond acceptors (Lipinski definition) is 4. The highest BCUT2D eigenvalue weighted by atomic mass is 35.5. The van der Waals surface area contributed by atoms with Crippen LogP contribution in [0.3, 0.4) is 0 Å². The van der Waals surface area contributed by atoms with Crippen LogP contribution in [0.2, 0.25) is 10.0 Å². The van der Waals surface area contributed by atoms with Gasteiger partial charge >= 0.3 is 0 Å². The third-order valence-corrected chi connectivity index (χ3v) is 6.09. The summed E-state index contributed by atoms with van der Waals surface area (Å²) in [6.07, 6.45) is 0. The maximum atomic E-state index is 6.15. The van der Waals surface area contributed by atoms with Gasteiger partial charge in [0.05, 0.1) is 22.7 Å². The number of rotatable bonds is 6. The Hall–Kier alpha value is -2.47. The van der Waals surface area contributed by atoms with Gasteiger partial charge in [0.2, 0.25) is 0 Å². The number of hydrogen-bond donors (Lipinski definition) is 0. The van der Waals surface area contributed by atoms with Crippen molar-refractivity contribution in [3.63, 3.8) is 0 Å². The van der Waals surface area contributed by atoms with E-state index in [1.165, 1.54) is 0 Å². The van der Waals surface area contributed by atoms with Crippen LogP contribution in [0.25, 0.3) is 17.1 Å². The minimum atomic E-state index is 0.545. The number of benzene rings is 3. The Morgan fingerprint density at radius 1 is 0.897 bits per heavy atom. The van der Waals surface area contributed by atoms with Crippen LogP contribution in [0.4, 0.5) is 0 Å². The van der Waals surface area contributed by atoms with E-state index < -0.39 is 0 Å². The first-order valence-corrected chi connectivity index (χ1v) is 10.6. The van der Waals surface area contributed by atoms with E-state index in [9.17, 15) is 0 Å². The molecular weight excluding hydrogens is 425 g/mol. The molecule has 0 saturated heterocycles. The predicted octanol–water partition coefficient (Wildman–Crippen LogP) is 6.54. The maximum Gasteiger partial charge on any atom is 0.196 e. The normalized spacial score (nSPS) is 10.9. The average molecular weight is 442 g/mol. The average Bonchev–Trinajstić information content (AvgIpc) is 3.19. The van der Waals surface area contributed by atoms with Crippen molar-refractivity contribution in [2.75, 3.05) is 7.11 Å². The zero-order valence-electron chi connectivity index (χ0n) is 15.5. The molecule has 0 unspecified atom stereocenters. The lowest BCUT2D eigenvalue weighted by Gasteiger charge is -2.12. The van der Waals surface area contributed by atoms with E-state index in [4.69, 9.17) is 27.9 Å². The fourth-order valence-corrected chi connectivity index (χ4v) is 4.17. The second-order valence-corrected chi connectivity index (χ2v) is 7.97. The molecule has 1 aromatic heterocycles. The molecule has 0 amide bonds. The Balaban J connectivity index is 1.74. The summed E-state index contributed by atoms with van der Waals surface area (Å²) in [6.45, 7) is 0. The minimum absolute atomic E-state index is 0.545. The number of thioether (sulfide) groups is 1. The van der Waals surface area contributed by atoms with Gasteiger partial charge in [-0.2, -0.15) is 0 Å². The first-order chi connectivity index (χ1) is 14.2. The Kier molecular flexibility index (Phi) is 6.09. The quantitative estimate of drug-likeness (QED) is 0.318. The van der Waals surface area contributed by atoms with Crippen molar-refractivity contribution in [2.45, 2.75) is 10.9 Å². The lowest BCUT2D eigenvalue weighted by Crippen LogP contribution is -2.00. The fraction of sp³-hybridized carbons (Fsp3) is 0.0909. The summed E-state index contributed by atoms with van der Waals surface area (Å²) < 4.78 is 7.58. The van der Waals surface area contributed by atoms with Gasteiger partial charge in [0.1, 0.15) is 5.75 Å². The number of para-hydroxylation sites is 2. The highest BCUT2D eigenvalue weighted by Crippen LogP contribution is 2.34. The largest absolute Gasteiger partial charge is 0.496 e. The van der Waals surface area contributed by atoms with Crippen molar-refractivity contribution >= 4 is 35.0 Å². The van der Waals surface area contributed by atoms with Crippen LogP contribution in [-0.4, -0.2) is 21.9 Å². The Morgan fingerprint density at radius 3 is 2.41 bits per heavy atom. The summed E-state index contributed by atoms with van der Waals surface area (Å²) in [4.78, 5) is 0. The molecule has 0 fully saturated rings. The Labute approximate surface area is 183 Å². The zero-order chi connectivity index (χ0) is 20.2. The van der Waals surface area contributed by atoms with E-state index in [0.717, 1.165) is 33.5 Å². The van der Waals surface area contributed by atoms with Crippen LogP contribution < -0.4 is 4.74 Å². The molecule has 7 heteroatoms. The van der Waals surface area contributed by atoms with Crippen LogP contribution in [-0.2, 0) is 5.75 Å². The molecule has 0 aliphatic rings. The summed E-state index contributed by atoms with van der Waals surface area (Å²) in [5.41, 5.74) is 2.92. The molecule has 0 aliphatic heterocycles. The molecule has 1 heterocycles. The summed E-state index contributed by atoms with van der Waals surface area (Å²) in [5.74, 6) is 2.16. The second kappa shape index (κ2) is 8.91. The minimum Gasteiger partial charge on any atom is -0.496 e. The molecule has 3 aromatic carbocycles. The van der Waals surface area contributed by atoms with Crippen LogP contribution in [0.1, 0.15) is 5.56 Å². The van der Waals surface area contributed by atoms with Crippen LogP contribution in [0.5, 0.6) is 5.75 Å². The lowest BCUT2D eigenvalue weighted by atomic mass is 10.2. The third-order valence-electron chi connectivity index (χ3n) is 4.35. The summed E-state index contributed by atoms with van der Waals surface area (Å²) in [5, 5.41) is 10.8. The summed E-state index contributed by atoms with van der Waals surface area (Å²) >= 11 is 13.8. The smallest absolute Gasteiger partial charge is 0.196 e. The first kappa shape index (κ1) is 19.8. The van der Waals surface area contributed by atoms with E-state index in [2.05, 4.69) is 10.2 Å². The van der Waals surface area contributed by atoms with Crippen molar-refractivity contribution < 1.29 is 4.74 Å². The van der Waals surface area contributed by atoms with E-state index in [1.807, 2.05) is 77.4 Å². The molecule has 146 valence electrons. The van der Waals surface area contributed by atoms with Gasteiger partial charge in [-0.15, -0.1) is 10.2 Å². The molecule has 29 heavy (non-hydrogen) atoms. The van der Waals surface area contributed by atoms with Gasteiger partial charge in [-0.05, 0) is 42.0 Å². The van der Waals surface area contributed by atoms with Gasteiger partial charge < -0.3 is 4.74 Å². The Bertz CT molecular complexity index is 1130. The van der Waals surface area contributed by atoms with Crippen LogP contribution in [0.15, 0.2) is 78.0 Å². The summed E-state index contributed by atoms with van der Waals surface area (Å²) in [6, 6.07) is 23.5. The first-order valence-electron chi connectivity index (χ1n) is 8.88. The highest BCUT2D eigenvalue weighted by Gasteiger charge is 2.19. The molecule has 4 aromatic rings. The maximum absolute atomic E-state index is 6.15. The molecular formula is C22H17Cl2N3OS.